The van der Waals surface area contributed by atoms with E-state index in [9.17, 15) is 36.9 Å². The Morgan fingerprint density at radius 2 is 1.62 bits per heavy atom. The minimum absolute atomic E-state index is 0.00640. The van der Waals surface area contributed by atoms with Gasteiger partial charge in [0.15, 0.2) is 11.3 Å². The Hall–Kier alpha value is -6.81. The van der Waals surface area contributed by atoms with Gasteiger partial charge in [-0.2, -0.15) is 13.0 Å². The Bertz CT molecular complexity index is 3410. The fraction of sp³-hybridized carbons (Fsp3) is 0.316. The van der Waals surface area contributed by atoms with Crippen LogP contribution in [0.2, 0.25) is 0 Å². The van der Waals surface area contributed by atoms with Crippen molar-refractivity contribution in [2.24, 2.45) is 0 Å². The summed E-state index contributed by atoms with van der Waals surface area (Å²) in [6.45, 7) is 16.3. The third-order valence-electron chi connectivity index (χ3n) is 14.4. The molecule has 0 radical (unpaired) electrons. The molecule has 5 aromatic carbocycles. The van der Waals surface area contributed by atoms with Crippen LogP contribution in [0, 0.1) is 6.92 Å². The number of phosphoric ester groups is 1. The van der Waals surface area contributed by atoms with Gasteiger partial charge in [0.1, 0.15) is 29.5 Å². The first-order valence-electron chi connectivity index (χ1n) is 24.8. The van der Waals surface area contributed by atoms with Gasteiger partial charge in [-0.1, -0.05) is 61.9 Å². The van der Waals surface area contributed by atoms with Gasteiger partial charge >= 0.3 is 13.8 Å². The van der Waals surface area contributed by atoms with Crippen molar-refractivity contribution < 1.29 is 60.2 Å². The number of nitrogens with zero attached hydrogens (tertiary/aromatic N) is 2. The minimum atomic E-state index is -4.94. The van der Waals surface area contributed by atoms with Crippen molar-refractivity contribution in [1.29, 1.82) is 0 Å². The average Bonchev–Trinajstić information content (AvgIpc) is 3.84. The molecule has 386 valence electrons. The zero-order valence-electron chi connectivity index (χ0n) is 42.5. The summed E-state index contributed by atoms with van der Waals surface area (Å²) in [5.74, 6) is -0.0450. The molecule has 1 atom stereocenters. The molecule has 0 fully saturated rings. The number of unbranched alkanes of at least 4 members (excludes halogenated alkanes) is 2. The number of esters is 1. The monoisotopic (exact) mass is 1040 g/mol. The Kier molecular flexibility index (Phi) is 13.9. The SMILES string of the molecule is CCOc1ccc2c(c1CNC(=O)CCCCC[N+]1=C(/C=C/C=C/C=C3/N(CC)c4ccc(S(=O)(=O)O)cc4C3(C)C)C(C)(C)c3cc(C)ccc31)Oc1cc(OP(=O)(O)O)ccc1C21OC(=O)c2ccccc21. The molecule has 0 saturated carbocycles. The molecule has 0 aliphatic carbocycles. The fourth-order valence-corrected chi connectivity index (χ4v) is 11.9. The van der Waals surface area contributed by atoms with Gasteiger partial charge in [-0.25, -0.2) is 9.36 Å². The smallest absolute Gasteiger partial charge is 0.493 e. The maximum absolute atomic E-state index is 13.7. The first-order valence-corrected chi connectivity index (χ1v) is 27.7. The highest BCUT2D eigenvalue weighted by Crippen LogP contribution is 2.59. The van der Waals surface area contributed by atoms with Crippen LogP contribution in [0.5, 0.6) is 23.0 Å². The van der Waals surface area contributed by atoms with Gasteiger partial charge in [0.2, 0.25) is 11.6 Å². The van der Waals surface area contributed by atoms with E-state index in [0.717, 1.165) is 47.7 Å². The molecule has 1 unspecified atom stereocenters. The third-order valence-corrected chi connectivity index (χ3v) is 15.7. The topological polar surface area (TPSA) is 201 Å². The number of rotatable bonds is 17. The maximum atomic E-state index is 13.7. The quantitative estimate of drug-likeness (QED) is 0.0171. The van der Waals surface area contributed by atoms with E-state index < -0.39 is 34.9 Å². The number of phosphoric acid groups is 1. The van der Waals surface area contributed by atoms with Gasteiger partial charge in [-0.05, 0) is 114 Å². The van der Waals surface area contributed by atoms with Gasteiger partial charge in [-0.3, -0.25) is 19.1 Å². The van der Waals surface area contributed by atoms with Crippen molar-refractivity contribution in [2.75, 3.05) is 24.6 Å². The van der Waals surface area contributed by atoms with Crippen LogP contribution < -0.4 is 24.2 Å². The van der Waals surface area contributed by atoms with E-state index in [4.69, 9.17) is 18.7 Å². The third kappa shape index (κ3) is 9.50. The number of hydrogen-bond acceptors (Lipinski definition) is 10. The number of carbonyl (C=O) groups is 2. The molecule has 0 saturated heterocycles. The second kappa shape index (κ2) is 19.8. The molecule has 1 amide bonds. The second-order valence-corrected chi connectivity index (χ2v) is 22.5. The number of fused-ring (bicyclic) bond motifs is 8. The summed E-state index contributed by atoms with van der Waals surface area (Å²) in [6, 6.07) is 26.1. The van der Waals surface area contributed by atoms with Crippen LogP contribution in [0.4, 0.5) is 11.4 Å². The number of carbonyl (C=O) groups excluding carboxylic acids is 2. The molecular weight excluding hydrogens is 982 g/mol. The number of anilines is 1. The first-order chi connectivity index (χ1) is 35.1. The van der Waals surface area contributed by atoms with E-state index in [0.29, 0.717) is 53.1 Å². The molecule has 4 N–H and O–H groups in total. The molecule has 74 heavy (non-hydrogen) atoms. The van der Waals surface area contributed by atoms with Crippen molar-refractivity contribution in [2.45, 2.75) is 102 Å². The number of benzene rings is 5. The summed E-state index contributed by atoms with van der Waals surface area (Å²) in [7, 11) is -9.29. The molecule has 5 aromatic rings. The summed E-state index contributed by atoms with van der Waals surface area (Å²) in [5.41, 5.74) is 7.52. The predicted octanol–water partition coefficient (Wildman–Crippen LogP) is 10.7. The van der Waals surface area contributed by atoms with E-state index in [1.165, 1.54) is 29.3 Å². The number of hydrogen-bond donors (Lipinski definition) is 4. The lowest BCUT2D eigenvalue weighted by Gasteiger charge is -2.37. The van der Waals surface area contributed by atoms with Gasteiger partial charge in [-0.15, -0.1) is 0 Å². The molecular formula is C57H61N3O12PS+. The lowest BCUT2D eigenvalue weighted by molar-refractivity contribution is -0.438. The summed E-state index contributed by atoms with van der Waals surface area (Å²) in [6.07, 6.45) is 12.8. The van der Waals surface area contributed by atoms with Crippen molar-refractivity contribution in [3.8, 4) is 23.0 Å². The van der Waals surface area contributed by atoms with Gasteiger partial charge in [0, 0.05) is 76.6 Å². The summed E-state index contributed by atoms with van der Waals surface area (Å²) in [5, 5.41) is 3.06. The van der Waals surface area contributed by atoms with Crippen LogP contribution in [0.3, 0.4) is 0 Å². The Labute approximate surface area is 431 Å². The van der Waals surface area contributed by atoms with Crippen LogP contribution >= 0.6 is 7.82 Å². The normalized spacial score (nSPS) is 18.6. The molecule has 0 bridgehead atoms. The largest absolute Gasteiger partial charge is 0.524 e. The lowest BCUT2D eigenvalue weighted by Crippen LogP contribution is -2.34. The second-order valence-electron chi connectivity index (χ2n) is 19.9. The number of allylic oxidation sites excluding steroid dienone is 6. The van der Waals surface area contributed by atoms with Gasteiger partial charge in [0.05, 0.1) is 34.6 Å². The summed E-state index contributed by atoms with van der Waals surface area (Å²) >= 11 is 0. The number of nitrogens with one attached hydrogen (secondary N) is 1. The highest BCUT2D eigenvalue weighted by Gasteiger charge is 2.54. The zero-order chi connectivity index (χ0) is 53.0. The average molecular weight is 1040 g/mol. The van der Waals surface area contributed by atoms with Crippen molar-refractivity contribution >= 4 is 46.9 Å². The molecule has 15 nitrogen and oxygen atoms in total. The Balaban J connectivity index is 0.900. The van der Waals surface area contributed by atoms with Crippen LogP contribution in [0.15, 0.2) is 132 Å². The number of aryl methyl sites for hydroxylation is 1. The van der Waals surface area contributed by atoms with Crippen LogP contribution in [-0.2, 0) is 47.2 Å². The molecule has 1 spiro atoms. The zero-order valence-corrected chi connectivity index (χ0v) is 44.2. The van der Waals surface area contributed by atoms with E-state index in [1.54, 1.807) is 54.6 Å². The molecule has 9 rings (SSSR count). The number of amides is 1. The highest BCUT2D eigenvalue weighted by atomic mass is 32.2. The van der Waals surface area contributed by atoms with Crippen LogP contribution in [0.25, 0.3) is 0 Å². The predicted molar refractivity (Wildman–Crippen MR) is 282 cm³/mol. The summed E-state index contributed by atoms with van der Waals surface area (Å²) < 4.78 is 71.8. The Morgan fingerprint density at radius 3 is 2.36 bits per heavy atom. The van der Waals surface area contributed by atoms with Crippen LogP contribution in [0.1, 0.15) is 117 Å². The maximum Gasteiger partial charge on any atom is 0.524 e. The number of ether oxygens (including phenoxy) is 3. The van der Waals surface area contributed by atoms with Crippen molar-refractivity contribution in [3.05, 3.63) is 172 Å². The first kappa shape index (κ1) is 52.1. The number of likely N-dealkylation sites (N-methyl/N-ethyl adjacent to an activating group) is 1. The minimum Gasteiger partial charge on any atom is -0.493 e. The standard InChI is InChI=1S/C57H60N3O12PS/c1-8-59-46-29-25-38(74(66,67)68)34-45(46)56(6,7)50(59)20-12-10-13-21-51-55(4,5)44-32-36(3)23-28-47(44)60(51)31-17-11-14-22-52(61)58-35-40-48(69-9-2)30-27-43-53(40)70-49-33-37(72-73(63,64)65)24-26-42(49)57(43)41-19-16-15-18-39(41)54(62)71-57/h10,12-13,15-16,18-21,23-30,32-34H,8-9,11,14,17,22,31,35H2,1-7H3,(H3-,58,61,63,64,65,66,67,68)/p+1. The highest BCUT2D eigenvalue weighted by molar-refractivity contribution is 7.85. The molecule has 17 heteroatoms. The van der Waals surface area contributed by atoms with E-state index >= 15 is 0 Å². The van der Waals surface area contributed by atoms with E-state index in [2.05, 4.69) is 86.7 Å². The molecule has 4 heterocycles. The Morgan fingerprint density at radius 1 is 0.851 bits per heavy atom. The summed E-state index contributed by atoms with van der Waals surface area (Å²) in [4.78, 5) is 48.4. The lowest BCUT2D eigenvalue weighted by atomic mass is 9.77. The molecule has 4 aliphatic rings. The van der Waals surface area contributed by atoms with Crippen molar-refractivity contribution in [1.82, 2.24) is 5.32 Å². The molecule has 0 aromatic heterocycles. The van der Waals surface area contributed by atoms with Gasteiger partial charge < -0.3 is 29.0 Å². The molecule has 4 aliphatic heterocycles. The van der Waals surface area contributed by atoms with Crippen molar-refractivity contribution in [3.63, 3.8) is 0 Å². The van der Waals surface area contributed by atoms with E-state index in [1.807, 2.05) is 25.2 Å². The van der Waals surface area contributed by atoms with E-state index in [-0.39, 0.29) is 46.4 Å². The van der Waals surface area contributed by atoms with Crippen LogP contribution in [-0.4, -0.2) is 64.6 Å². The fourth-order valence-electron chi connectivity index (χ4n) is 11.0. The van der Waals surface area contributed by atoms with Gasteiger partial charge in [0.25, 0.3) is 10.1 Å².